The molecule has 1 aromatic carbocycles. The number of aromatic nitrogens is 3. The van der Waals surface area contributed by atoms with Gasteiger partial charge in [-0.2, -0.15) is 10.1 Å². The van der Waals surface area contributed by atoms with Crippen LogP contribution in [0.15, 0.2) is 30.3 Å². The van der Waals surface area contributed by atoms with Crippen molar-refractivity contribution in [3.05, 3.63) is 47.2 Å². The average molecular weight is 411 g/mol. The van der Waals surface area contributed by atoms with E-state index in [0.29, 0.717) is 25.6 Å². The van der Waals surface area contributed by atoms with Crippen LogP contribution in [-0.4, -0.2) is 47.0 Å². The average Bonchev–Trinajstić information content (AvgIpc) is 3.08. The van der Waals surface area contributed by atoms with Crippen LogP contribution in [0.25, 0.3) is 16.7 Å². The molecule has 0 fully saturated rings. The van der Waals surface area contributed by atoms with E-state index in [9.17, 15) is 4.79 Å². The minimum Gasteiger partial charge on any atom is -0.468 e. The van der Waals surface area contributed by atoms with Gasteiger partial charge in [-0.15, -0.1) is 0 Å². The molecule has 30 heavy (non-hydrogen) atoms. The lowest BCUT2D eigenvalue weighted by Crippen LogP contribution is -2.30. The molecule has 0 saturated heterocycles. The second-order valence-corrected chi connectivity index (χ2v) is 7.19. The zero-order valence-electron chi connectivity index (χ0n) is 18.2. The molecule has 3 aromatic rings. The van der Waals surface area contributed by atoms with E-state index in [1.807, 2.05) is 36.7 Å². The molecule has 0 atom stereocenters. The van der Waals surface area contributed by atoms with Crippen LogP contribution in [-0.2, 0) is 16.0 Å². The first-order valence-electron chi connectivity index (χ1n) is 10.5. The molecule has 0 spiro atoms. The molecule has 0 aliphatic carbocycles. The Morgan fingerprint density at radius 2 is 1.93 bits per heavy atom. The maximum Gasteiger partial charge on any atom is 0.258 e. The first kappa shape index (κ1) is 21.8. The van der Waals surface area contributed by atoms with E-state index in [4.69, 9.17) is 14.6 Å². The van der Waals surface area contributed by atoms with Crippen LogP contribution >= 0.6 is 0 Å². The number of carbonyl (C=O) groups excluding carboxylic acids is 1. The molecule has 160 valence electrons. The van der Waals surface area contributed by atoms with Gasteiger partial charge in [-0.25, -0.2) is 4.68 Å². The molecule has 0 saturated carbocycles. The lowest BCUT2D eigenvalue weighted by atomic mass is 10.1. The number of nitrogens with zero attached hydrogens (tertiary/aromatic N) is 3. The number of hydrogen-bond acceptors (Lipinski definition) is 5. The summed E-state index contributed by atoms with van der Waals surface area (Å²) in [4.78, 5) is 16.7. The molecule has 0 radical (unpaired) electrons. The largest absolute Gasteiger partial charge is 0.468 e. The molecule has 2 heterocycles. The van der Waals surface area contributed by atoms with Gasteiger partial charge in [0, 0.05) is 31.2 Å². The van der Waals surface area contributed by atoms with Crippen LogP contribution in [0.5, 0.6) is 5.88 Å². The zero-order valence-corrected chi connectivity index (χ0v) is 18.2. The van der Waals surface area contributed by atoms with Gasteiger partial charge in [0.05, 0.1) is 11.4 Å². The number of benzene rings is 1. The Balaban J connectivity index is 1.78. The number of aryl methyl sites for hydroxylation is 3. The van der Waals surface area contributed by atoms with Crippen molar-refractivity contribution in [2.24, 2.45) is 0 Å². The van der Waals surface area contributed by atoms with Crippen molar-refractivity contribution in [2.75, 3.05) is 26.4 Å². The van der Waals surface area contributed by atoms with Crippen LogP contribution in [0.2, 0.25) is 0 Å². The Kier molecular flexibility index (Phi) is 7.41. The topological polar surface area (TPSA) is 78.3 Å². The zero-order chi connectivity index (χ0) is 21.5. The summed E-state index contributed by atoms with van der Waals surface area (Å²) in [5.74, 6) is 0.256. The number of amides is 1. The van der Waals surface area contributed by atoms with E-state index in [0.717, 1.165) is 40.8 Å². The van der Waals surface area contributed by atoms with Gasteiger partial charge in [-0.3, -0.25) is 4.79 Å². The molecular formula is C23H30N4O3. The highest BCUT2D eigenvalue weighted by Gasteiger charge is 2.16. The van der Waals surface area contributed by atoms with Crippen LogP contribution in [0.1, 0.15) is 37.1 Å². The van der Waals surface area contributed by atoms with E-state index in [1.165, 1.54) is 5.56 Å². The van der Waals surface area contributed by atoms with E-state index in [1.54, 1.807) is 0 Å². The van der Waals surface area contributed by atoms with Crippen LogP contribution < -0.4 is 10.1 Å². The number of rotatable bonds is 10. The number of ether oxygens (including phenoxy) is 2. The Hall–Kier alpha value is -2.93. The molecule has 1 N–H and O–H groups in total. The van der Waals surface area contributed by atoms with E-state index >= 15 is 0 Å². The predicted octanol–water partition coefficient (Wildman–Crippen LogP) is 3.52. The Labute approximate surface area is 177 Å². The Morgan fingerprint density at radius 3 is 2.63 bits per heavy atom. The van der Waals surface area contributed by atoms with Gasteiger partial charge in [-0.05, 0) is 51.3 Å². The Bertz CT molecular complexity index is 996. The van der Waals surface area contributed by atoms with Crippen molar-refractivity contribution < 1.29 is 14.3 Å². The van der Waals surface area contributed by atoms with Crippen molar-refractivity contribution in [2.45, 2.75) is 40.5 Å². The fraction of sp³-hybridized carbons (Fsp3) is 0.435. The molecule has 0 aliphatic rings. The summed E-state index contributed by atoms with van der Waals surface area (Å²) in [6, 6.07) is 10.1. The highest BCUT2D eigenvalue weighted by atomic mass is 16.5. The highest BCUT2D eigenvalue weighted by Crippen LogP contribution is 2.27. The Morgan fingerprint density at radius 1 is 1.17 bits per heavy atom. The molecule has 0 aliphatic heterocycles. The van der Waals surface area contributed by atoms with Crippen molar-refractivity contribution >= 4 is 16.9 Å². The van der Waals surface area contributed by atoms with Gasteiger partial charge in [0.1, 0.15) is 0 Å². The fourth-order valence-corrected chi connectivity index (χ4v) is 3.31. The van der Waals surface area contributed by atoms with Crippen molar-refractivity contribution in [3.63, 3.8) is 0 Å². The predicted molar refractivity (Wildman–Crippen MR) is 117 cm³/mol. The van der Waals surface area contributed by atoms with E-state index in [2.05, 4.69) is 36.3 Å². The standard InChI is InChI=1S/C23H30N4O3/c1-5-18-14-21(30-15-20(28)24-12-7-13-29-6-2)25-23-22(18)17(4)26-27(23)19-10-8-16(3)9-11-19/h8-11,14H,5-7,12-13,15H2,1-4H3,(H,24,28). The summed E-state index contributed by atoms with van der Waals surface area (Å²) in [6.07, 6.45) is 1.60. The lowest BCUT2D eigenvalue weighted by molar-refractivity contribution is -0.123. The monoisotopic (exact) mass is 410 g/mol. The number of nitrogens with one attached hydrogen (secondary N) is 1. The van der Waals surface area contributed by atoms with Gasteiger partial charge in [0.25, 0.3) is 5.91 Å². The quantitative estimate of drug-likeness (QED) is 0.518. The minimum absolute atomic E-state index is 0.0754. The second-order valence-electron chi connectivity index (χ2n) is 7.19. The summed E-state index contributed by atoms with van der Waals surface area (Å²) < 4.78 is 12.8. The van der Waals surface area contributed by atoms with Gasteiger partial charge >= 0.3 is 0 Å². The van der Waals surface area contributed by atoms with Crippen molar-refractivity contribution in [1.82, 2.24) is 20.1 Å². The van der Waals surface area contributed by atoms with Crippen molar-refractivity contribution in [1.29, 1.82) is 0 Å². The summed E-state index contributed by atoms with van der Waals surface area (Å²) in [6.45, 7) is 9.89. The van der Waals surface area contributed by atoms with E-state index in [-0.39, 0.29) is 12.5 Å². The third kappa shape index (κ3) is 5.16. The summed E-state index contributed by atoms with van der Waals surface area (Å²) in [5, 5.41) is 8.58. The maximum atomic E-state index is 12.1. The molecule has 7 nitrogen and oxygen atoms in total. The van der Waals surface area contributed by atoms with Crippen LogP contribution in [0.3, 0.4) is 0 Å². The fourth-order valence-electron chi connectivity index (χ4n) is 3.31. The first-order chi connectivity index (χ1) is 14.5. The molecule has 2 aromatic heterocycles. The minimum atomic E-state index is -0.172. The van der Waals surface area contributed by atoms with Gasteiger partial charge < -0.3 is 14.8 Å². The lowest BCUT2D eigenvalue weighted by Gasteiger charge is -2.10. The number of fused-ring (bicyclic) bond motifs is 1. The molecule has 7 heteroatoms. The third-order valence-electron chi connectivity index (χ3n) is 4.87. The maximum absolute atomic E-state index is 12.1. The SMILES string of the molecule is CCOCCCNC(=O)COc1cc(CC)c2c(C)nn(-c3ccc(C)cc3)c2n1. The molecule has 3 rings (SSSR count). The molecule has 1 amide bonds. The molecule has 0 unspecified atom stereocenters. The highest BCUT2D eigenvalue weighted by molar-refractivity contribution is 5.84. The first-order valence-corrected chi connectivity index (χ1v) is 10.5. The van der Waals surface area contributed by atoms with Gasteiger partial charge in [-0.1, -0.05) is 24.6 Å². The summed E-state index contributed by atoms with van der Waals surface area (Å²) >= 11 is 0. The second kappa shape index (κ2) is 10.2. The van der Waals surface area contributed by atoms with Crippen LogP contribution in [0, 0.1) is 13.8 Å². The molecule has 0 bridgehead atoms. The van der Waals surface area contributed by atoms with Crippen LogP contribution in [0.4, 0.5) is 0 Å². The third-order valence-corrected chi connectivity index (χ3v) is 4.87. The number of pyridine rings is 1. The van der Waals surface area contributed by atoms with Gasteiger partial charge in [0.15, 0.2) is 12.3 Å². The van der Waals surface area contributed by atoms with E-state index < -0.39 is 0 Å². The summed E-state index contributed by atoms with van der Waals surface area (Å²) in [5.41, 5.74) is 4.89. The normalized spacial score (nSPS) is 11.1. The number of hydrogen-bond donors (Lipinski definition) is 1. The summed E-state index contributed by atoms with van der Waals surface area (Å²) in [7, 11) is 0. The molecular weight excluding hydrogens is 380 g/mol. The number of carbonyl (C=O) groups is 1. The smallest absolute Gasteiger partial charge is 0.258 e. The van der Waals surface area contributed by atoms with Crippen molar-refractivity contribution in [3.8, 4) is 11.6 Å². The van der Waals surface area contributed by atoms with Gasteiger partial charge in [0.2, 0.25) is 5.88 Å².